The summed E-state index contributed by atoms with van der Waals surface area (Å²) in [6, 6.07) is 0. The highest BCUT2D eigenvalue weighted by Crippen LogP contribution is 2.13. The zero-order chi connectivity index (χ0) is 12.7. The Labute approximate surface area is 106 Å². The summed E-state index contributed by atoms with van der Waals surface area (Å²) in [5.41, 5.74) is 0.946. The molecule has 0 aliphatic rings. The number of aliphatic carboxylic acids is 1. The third kappa shape index (κ3) is 5.10. The van der Waals surface area contributed by atoms with Crippen LogP contribution in [0.5, 0.6) is 0 Å². The van der Waals surface area contributed by atoms with Crippen LogP contribution in [0.25, 0.3) is 0 Å². The number of nitrogens with zero attached hydrogens (tertiary/aromatic N) is 2. The first-order chi connectivity index (χ1) is 8.15. The first kappa shape index (κ1) is 13.9. The SMILES string of the molecule is C=CCN(CC(=O)O)Cc1csc(CCC)n1. The monoisotopic (exact) mass is 254 g/mol. The van der Waals surface area contributed by atoms with Crippen LogP contribution in [0.15, 0.2) is 18.0 Å². The summed E-state index contributed by atoms with van der Waals surface area (Å²) in [6.45, 7) is 6.90. The molecule has 5 heteroatoms. The highest BCUT2D eigenvalue weighted by atomic mass is 32.1. The average molecular weight is 254 g/mol. The summed E-state index contributed by atoms with van der Waals surface area (Å²) < 4.78 is 0. The van der Waals surface area contributed by atoms with Gasteiger partial charge in [-0.2, -0.15) is 0 Å². The standard InChI is InChI=1S/C12H18N2O2S/c1-3-5-11-13-10(9-17-11)7-14(6-4-2)8-12(15)16/h4,9H,2-3,5-8H2,1H3,(H,15,16). The van der Waals surface area contributed by atoms with Gasteiger partial charge in [0, 0.05) is 18.5 Å². The summed E-state index contributed by atoms with van der Waals surface area (Å²) in [5.74, 6) is -0.823. The van der Waals surface area contributed by atoms with Crippen molar-refractivity contribution in [2.75, 3.05) is 13.1 Å². The first-order valence-corrected chi connectivity index (χ1v) is 6.52. The second-order valence-electron chi connectivity index (χ2n) is 3.83. The Bertz CT molecular complexity index is 376. The van der Waals surface area contributed by atoms with E-state index in [1.165, 1.54) is 0 Å². The van der Waals surface area contributed by atoms with E-state index in [9.17, 15) is 4.79 Å². The van der Waals surface area contributed by atoms with Crippen molar-refractivity contribution in [3.63, 3.8) is 0 Å². The smallest absolute Gasteiger partial charge is 0.317 e. The third-order valence-electron chi connectivity index (χ3n) is 2.19. The summed E-state index contributed by atoms with van der Waals surface area (Å²) in [4.78, 5) is 17.0. The Hall–Kier alpha value is -1.20. The van der Waals surface area contributed by atoms with E-state index in [-0.39, 0.29) is 6.54 Å². The van der Waals surface area contributed by atoms with Gasteiger partial charge in [0.05, 0.1) is 17.2 Å². The van der Waals surface area contributed by atoms with Crippen LogP contribution < -0.4 is 0 Å². The Balaban J connectivity index is 2.57. The third-order valence-corrected chi connectivity index (χ3v) is 3.15. The lowest BCUT2D eigenvalue weighted by molar-refractivity contribution is -0.138. The van der Waals surface area contributed by atoms with E-state index in [1.54, 1.807) is 22.3 Å². The number of carbonyl (C=O) groups is 1. The molecule has 1 heterocycles. The molecule has 0 fully saturated rings. The Morgan fingerprint density at radius 2 is 2.47 bits per heavy atom. The number of hydrogen-bond donors (Lipinski definition) is 1. The summed E-state index contributed by atoms with van der Waals surface area (Å²) in [7, 11) is 0. The zero-order valence-electron chi connectivity index (χ0n) is 10.1. The summed E-state index contributed by atoms with van der Waals surface area (Å²) in [6.07, 6.45) is 3.78. The lowest BCUT2D eigenvalue weighted by Crippen LogP contribution is -2.29. The summed E-state index contributed by atoms with van der Waals surface area (Å²) in [5, 5.41) is 11.9. The predicted molar refractivity (Wildman–Crippen MR) is 69.2 cm³/mol. The molecule has 1 N–H and O–H groups in total. The van der Waals surface area contributed by atoms with Gasteiger partial charge in [0.1, 0.15) is 0 Å². The van der Waals surface area contributed by atoms with Crippen LogP contribution in [-0.4, -0.2) is 34.0 Å². The van der Waals surface area contributed by atoms with Crippen LogP contribution in [0.4, 0.5) is 0 Å². The van der Waals surface area contributed by atoms with Gasteiger partial charge in [-0.15, -0.1) is 17.9 Å². The van der Waals surface area contributed by atoms with Crippen LogP contribution in [0, 0.1) is 0 Å². The minimum absolute atomic E-state index is 0.0205. The molecule has 1 aromatic rings. The molecule has 0 saturated heterocycles. The topological polar surface area (TPSA) is 53.4 Å². The molecular weight excluding hydrogens is 236 g/mol. The normalized spacial score (nSPS) is 10.7. The number of thiazole rings is 1. The molecule has 1 aromatic heterocycles. The molecular formula is C12H18N2O2S. The maximum atomic E-state index is 10.7. The van der Waals surface area contributed by atoms with E-state index in [0.29, 0.717) is 13.1 Å². The molecule has 0 aliphatic heterocycles. The van der Waals surface area contributed by atoms with Gasteiger partial charge in [0.2, 0.25) is 0 Å². The Morgan fingerprint density at radius 1 is 1.71 bits per heavy atom. The molecule has 0 amide bonds. The minimum atomic E-state index is -0.823. The number of aromatic nitrogens is 1. The van der Waals surface area contributed by atoms with Crippen LogP contribution in [0.3, 0.4) is 0 Å². The van der Waals surface area contributed by atoms with Gasteiger partial charge in [-0.05, 0) is 12.8 Å². The van der Waals surface area contributed by atoms with Crippen LogP contribution in [0.2, 0.25) is 0 Å². The minimum Gasteiger partial charge on any atom is -0.480 e. The van der Waals surface area contributed by atoms with Gasteiger partial charge in [-0.3, -0.25) is 9.69 Å². The van der Waals surface area contributed by atoms with E-state index in [2.05, 4.69) is 18.5 Å². The van der Waals surface area contributed by atoms with Crippen molar-refractivity contribution >= 4 is 17.3 Å². The second kappa shape index (κ2) is 7.19. The molecule has 17 heavy (non-hydrogen) atoms. The number of carboxylic acid groups (broad SMARTS) is 1. The van der Waals surface area contributed by atoms with Gasteiger partial charge in [0.15, 0.2) is 0 Å². The highest BCUT2D eigenvalue weighted by Gasteiger charge is 2.10. The molecule has 0 saturated carbocycles. The van der Waals surface area contributed by atoms with Crippen molar-refractivity contribution < 1.29 is 9.90 Å². The van der Waals surface area contributed by atoms with Crippen LogP contribution in [0.1, 0.15) is 24.0 Å². The maximum Gasteiger partial charge on any atom is 0.317 e. The molecule has 4 nitrogen and oxygen atoms in total. The largest absolute Gasteiger partial charge is 0.480 e. The molecule has 0 bridgehead atoms. The second-order valence-corrected chi connectivity index (χ2v) is 4.78. The van der Waals surface area contributed by atoms with Gasteiger partial charge < -0.3 is 5.11 Å². The number of aryl methyl sites for hydroxylation is 1. The molecule has 0 atom stereocenters. The van der Waals surface area contributed by atoms with E-state index >= 15 is 0 Å². The number of rotatable bonds is 8. The van der Waals surface area contributed by atoms with E-state index in [1.807, 2.05) is 5.38 Å². The molecule has 0 spiro atoms. The summed E-state index contributed by atoms with van der Waals surface area (Å²) >= 11 is 1.64. The lowest BCUT2D eigenvalue weighted by Gasteiger charge is -2.16. The lowest BCUT2D eigenvalue weighted by atomic mass is 10.3. The van der Waals surface area contributed by atoms with Gasteiger partial charge >= 0.3 is 5.97 Å². The number of carboxylic acids is 1. The Kier molecular flexibility index (Phi) is 5.86. The fourth-order valence-corrected chi connectivity index (χ4v) is 2.43. The van der Waals surface area contributed by atoms with Crippen LogP contribution in [-0.2, 0) is 17.8 Å². The van der Waals surface area contributed by atoms with Crippen molar-refractivity contribution in [2.45, 2.75) is 26.3 Å². The predicted octanol–water partition coefficient (Wildman–Crippen LogP) is 2.17. The maximum absolute atomic E-state index is 10.7. The van der Waals surface area contributed by atoms with Crippen molar-refractivity contribution in [1.82, 2.24) is 9.88 Å². The molecule has 0 unspecified atom stereocenters. The molecule has 0 aromatic carbocycles. The van der Waals surface area contributed by atoms with Crippen LogP contribution >= 0.6 is 11.3 Å². The first-order valence-electron chi connectivity index (χ1n) is 5.64. The highest BCUT2D eigenvalue weighted by molar-refractivity contribution is 7.09. The molecule has 1 rings (SSSR count). The van der Waals surface area contributed by atoms with Gasteiger partial charge in [-0.1, -0.05) is 13.0 Å². The van der Waals surface area contributed by atoms with Crippen molar-refractivity contribution in [2.24, 2.45) is 0 Å². The molecule has 0 radical (unpaired) electrons. The van der Waals surface area contributed by atoms with Gasteiger partial charge in [0.25, 0.3) is 0 Å². The van der Waals surface area contributed by atoms with E-state index < -0.39 is 5.97 Å². The quantitative estimate of drug-likeness (QED) is 0.722. The average Bonchev–Trinajstić information content (AvgIpc) is 2.65. The van der Waals surface area contributed by atoms with E-state index in [0.717, 1.165) is 23.5 Å². The fraction of sp³-hybridized carbons (Fsp3) is 0.500. The fourth-order valence-electron chi connectivity index (χ4n) is 1.54. The Morgan fingerprint density at radius 3 is 3.06 bits per heavy atom. The van der Waals surface area contributed by atoms with E-state index in [4.69, 9.17) is 5.11 Å². The van der Waals surface area contributed by atoms with Gasteiger partial charge in [-0.25, -0.2) is 4.98 Å². The number of hydrogen-bond acceptors (Lipinski definition) is 4. The van der Waals surface area contributed by atoms with Crippen molar-refractivity contribution in [1.29, 1.82) is 0 Å². The molecule has 0 aliphatic carbocycles. The zero-order valence-corrected chi connectivity index (χ0v) is 10.9. The van der Waals surface area contributed by atoms with Crippen molar-refractivity contribution in [3.05, 3.63) is 28.7 Å². The molecule has 94 valence electrons. The van der Waals surface area contributed by atoms with Crippen molar-refractivity contribution in [3.8, 4) is 0 Å².